The fourth-order valence-electron chi connectivity index (χ4n) is 3.79. The molecule has 0 aliphatic carbocycles. The van der Waals surface area contributed by atoms with Crippen LogP contribution in [0, 0.1) is 5.92 Å². The third kappa shape index (κ3) is 3.43. The van der Waals surface area contributed by atoms with Crippen LogP contribution in [0.5, 0.6) is 0 Å². The van der Waals surface area contributed by atoms with Crippen molar-refractivity contribution >= 4 is 16.9 Å². The van der Waals surface area contributed by atoms with Gasteiger partial charge in [-0.1, -0.05) is 19.1 Å². The maximum Gasteiger partial charge on any atom is 0.226 e. The first-order valence-electron chi connectivity index (χ1n) is 9.41. The van der Waals surface area contributed by atoms with Crippen LogP contribution in [0.3, 0.4) is 0 Å². The van der Waals surface area contributed by atoms with Crippen LogP contribution < -0.4 is 5.73 Å². The van der Waals surface area contributed by atoms with E-state index >= 15 is 0 Å². The molecular weight excluding hydrogens is 312 g/mol. The molecule has 5 heteroatoms. The summed E-state index contributed by atoms with van der Waals surface area (Å²) in [6, 6.07) is 8.53. The number of fused-ring (bicyclic) bond motifs is 1. The summed E-state index contributed by atoms with van der Waals surface area (Å²) in [5.74, 6) is 1.43. The molecule has 25 heavy (non-hydrogen) atoms. The predicted molar refractivity (Wildman–Crippen MR) is 101 cm³/mol. The first-order valence-corrected chi connectivity index (χ1v) is 9.41. The van der Waals surface area contributed by atoms with Crippen LogP contribution in [-0.2, 0) is 4.79 Å². The maximum atomic E-state index is 12.7. The Morgan fingerprint density at radius 3 is 2.64 bits per heavy atom. The second-order valence-electron chi connectivity index (χ2n) is 7.69. The van der Waals surface area contributed by atoms with Crippen LogP contribution in [-0.4, -0.2) is 39.5 Å². The Kier molecular flexibility index (Phi) is 5.13. The summed E-state index contributed by atoms with van der Waals surface area (Å²) in [7, 11) is 0. The highest BCUT2D eigenvalue weighted by atomic mass is 16.2. The monoisotopic (exact) mass is 342 g/mol. The minimum absolute atomic E-state index is 0.117. The van der Waals surface area contributed by atoms with Gasteiger partial charge in [0.15, 0.2) is 0 Å². The molecule has 1 saturated heterocycles. The second kappa shape index (κ2) is 7.16. The van der Waals surface area contributed by atoms with Gasteiger partial charge in [-0.3, -0.25) is 4.79 Å². The molecule has 0 radical (unpaired) electrons. The van der Waals surface area contributed by atoms with Gasteiger partial charge in [-0.25, -0.2) is 4.98 Å². The van der Waals surface area contributed by atoms with Gasteiger partial charge < -0.3 is 15.2 Å². The molecule has 3 rings (SSSR count). The number of likely N-dealkylation sites (tertiary alicyclic amines) is 1. The van der Waals surface area contributed by atoms with Gasteiger partial charge in [-0.15, -0.1) is 0 Å². The third-order valence-corrected chi connectivity index (χ3v) is 5.42. The topological polar surface area (TPSA) is 64.2 Å². The van der Waals surface area contributed by atoms with E-state index in [0.29, 0.717) is 6.04 Å². The zero-order valence-electron chi connectivity index (χ0n) is 15.8. The molecule has 0 bridgehead atoms. The normalized spacial score (nSPS) is 20.9. The lowest BCUT2D eigenvalue weighted by molar-refractivity contribution is -0.136. The molecule has 2 N–H and O–H groups in total. The number of imidazole rings is 1. The Bertz CT molecular complexity index is 749. The number of para-hydroxylation sites is 2. The Hall–Kier alpha value is -1.88. The number of carbonyl (C=O) groups excluding carboxylic acids is 1. The number of hydrogen-bond acceptors (Lipinski definition) is 3. The summed E-state index contributed by atoms with van der Waals surface area (Å²) in [6.45, 7) is 9.80. The quantitative estimate of drug-likeness (QED) is 0.927. The van der Waals surface area contributed by atoms with E-state index in [1.807, 2.05) is 24.8 Å². The lowest BCUT2D eigenvalue weighted by atomic mass is 9.94. The summed E-state index contributed by atoms with van der Waals surface area (Å²) in [5, 5.41) is 0. The zero-order valence-corrected chi connectivity index (χ0v) is 15.8. The Morgan fingerprint density at radius 2 is 1.96 bits per heavy atom. The third-order valence-electron chi connectivity index (χ3n) is 5.42. The molecule has 2 aromatic rings. The van der Waals surface area contributed by atoms with Gasteiger partial charge in [-0.2, -0.15) is 0 Å². The first-order chi connectivity index (χ1) is 11.9. The summed E-state index contributed by atoms with van der Waals surface area (Å²) >= 11 is 0. The van der Waals surface area contributed by atoms with Crippen molar-refractivity contribution in [3.05, 3.63) is 30.1 Å². The molecule has 1 aromatic carbocycles. The largest absolute Gasteiger partial charge is 0.342 e. The number of rotatable bonds is 4. The van der Waals surface area contributed by atoms with Crippen LogP contribution in [0.2, 0.25) is 0 Å². The molecule has 1 amide bonds. The fourth-order valence-corrected chi connectivity index (χ4v) is 3.79. The van der Waals surface area contributed by atoms with Crippen molar-refractivity contribution in [1.82, 2.24) is 14.5 Å². The van der Waals surface area contributed by atoms with E-state index in [-0.39, 0.29) is 23.8 Å². The van der Waals surface area contributed by atoms with Gasteiger partial charge in [0.2, 0.25) is 5.91 Å². The highest BCUT2D eigenvalue weighted by Gasteiger charge is 2.31. The molecule has 1 aromatic heterocycles. The molecule has 1 fully saturated rings. The number of nitrogens with two attached hydrogens (primary N) is 1. The Balaban J connectivity index is 1.90. The van der Waals surface area contributed by atoms with Crippen molar-refractivity contribution in [3.8, 4) is 0 Å². The molecule has 3 unspecified atom stereocenters. The first kappa shape index (κ1) is 17.9. The standard InChI is InChI=1S/C20H30N4O/c1-13(2)24-18-10-6-5-9-17(18)22-19(24)16-8-7-11-23(12-16)20(25)14(3)15(4)21/h5-6,9-10,13-16H,7-8,11-12,21H2,1-4H3. The van der Waals surface area contributed by atoms with E-state index in [9.17, 15) is 4.79 Å². The average molecular weight is 342 g/mol. The molecule has 1 aliphatic heterocycles. The maximum absolute atomic E-state index is 12.7. The minimum atomic E-state index is -0.136. The second-order valence-corrected chi connectivity index (χ2v) is 7.69. The van der Waals surface area contributed by atoms with Crippen molar-refractivity contribution < 1.29 is 4.79 Å². The van der Waals surface area contributed by atoms with E-state index in [1.165, 1.54) is 5.52 Å². The van der Waals surface area contributed by atoms with Gasteiger partial charge in [0.25, 0.3) is 0 Å². The smallest absolute Gasteiger partial charge is 0.226 e. The summed E-state index contributed by atoms with van der Waals surface area (Å²) < 4.78 is 2.34. The van der Waals surface area contributed by atoms with Crippen LogP contribution in [0.4, 0.5) is 0 Å². The number of piperidine rings is 1. The van der Waals surface area contributed by atoms with E-state index < -0.39 is 0 Å². The van der Waals surface area contributed by atoms with Crippen LogP contribution in [0.15, 0.2) is 24.3 Å². The van der Waals surface area contributed by atoms with E-state index in [0.717, 1.165) is 37.3 Å². The molecule has 2 heterocycles. The zero-order chi connectivity index (χ0) is 18.1. The van der Waals surface area contributed by atoms with Crippen LogP contribution >= 0.6 is 0 Å². The molecule has 136 valence electrons. The summed E-state index contributed by atoms with van der Waals surface area (Å²) in [5.41, 5.74) is 8.16. The lowest BCUT2D eigenvalue weighted by Gasteiger charge is -2.35. The highest BCUT2D eigenvalue weighted by Crippen LogP contribution is 2.32. The van der Waals surface area contributed by atoms with Gasteiger partial charge in [-0.05, 0) is 45.7 Å². The van der Waals surface area contributed by atoms with Crippen LogP contribution in [0.25, 0.3) is 11.0 Å². The number of aromatic nitrogens is 2. The van der Waals surface area contributed by atoms with Crippen molar-refractivity contribution in [2.75, 3.05) is 13.1 Å². The Morgan fingerprint density at radius 1 is 1.24 bits per heavy atom. The Labute approximate surface area is 150 Å². The SMILES string of the molecule is CC(N)C(C)C(=O)N1CCCC(c2nc3ccccc3n2C(C)C)C1. The summed E-state index contributed by atoms with van der Waals surface area (Å²) in [4.78, 5) is 19.6. The highest BCUT2D eigenvalue weighted by molar-refractivity contribution is 5.79. The number of carbonyl (C=O) groups is 1. The molecule has 1 aliphatic rings. The van der Waals surface area contributed by atoms with Gasteiger partial charge in [0.1, 0.15) is 5.82 Å². The molecular formula is C20H30N4O. The van der Waals surface area contributed by atoms with Crippen LogP contribution in [0.1, 0.15) is 58.3 Å². The molecule has 5 nitrogen and oxygen atoms in total. The lowest BCUT2D eigenvalue weighted by Crippen LogP contribution is -2.46. The van der Waals surface area contributed by atoms with Gasteiger partial charge in [0.05, 0.1) is 17.0 Å². The number of amides is 1. The van der Waals surface area contributed by atoms with Crippen molar-refractivity contribution in [3.63, 3.8) is 0 Å². The molecule has 0 saturated carbocycles. The minimum Gasteiger partial charge on any atom is -0.342 e. The van der Waals surface area contributed by atoms with E-state index in [2.05, 4.69) is 36.6 Å². The van der Waals surface area contributed by atoms with Gasteiger partial charge in [0, 0.05) is 31.1 Å². The molecule has 3 atom stereocenters. The number of hydrogen-bond donors (Lipinski definition) is 1. The summed E-state index contributed by atoms with van der Waals surface area (Å²) in [6.07, 6.45) is 2.09. The van der Waals surface area contributed by atoms with Crippen molar-refractivity contribution in [2.24, 2.45) is 11.7 Å². The predicted octanol–water partition coefficient (Wildman–Crippen LogP) is 3.31. The average Bonchev–Trinajstić information content (AvgIpc) is 3.00. The fraction of sp³-hybridized carbons (Fsp3) is 0.600. The van der Waals surface area contributed by atoms with E-state index in [4.69, 9.17) is 10.7 Å². The van der Waals surface area contributed by atoms with Crippen molar-refractivity contribution in [2.45, 2.75) is 58.5 Å². The molecule has 0 spiro atoms. The number of benzene rings is 1. The number of nitrogens with zero attached hydrogens (tertiary/aromatic N) is 3. The van der Waals surface area contributed by atoms with E-state index in [1.54, 1.807) is 0 Å². The van der Waals surface area contributed by atoms with Crippen molar-refractivity contribution in [1.29, 1.82) is 0 Å². The van der Waals surface area contributed by atoms with Gasteiger partial charge >= 0.3 is 0 Å².